The second-order valence-corrected chi connectivity index (χ2v) is 5.87. The van der Waals surface area contributed by atoms with Crippen molar-refractivity contribution in [2.24, 2.45) is 0 Å². The van der Waals surface area contributed by atoms with Crippen LogP contribution in [0.15, 0.2) is 30.5 Å². The summed E-state index contributed by atoms with van der Waals surface area (Å²) in [6.07, 6.45) is 5.71. The van der Waals surface area contributed by atoms with Gasteiger partial charge in [0, 0.05) is 35.9 Å². The number of anilines is 1. The number of rotatable bonds is 3. The van der Waals surface area contributed by atoms with E-state index in [0.717, 1.165) is 23.1 Å². The molecule has 1 aliphatic rings. The van der Waals surface area contributed by atoms with Gasteiger partial charge < -0.3 is 5.73 Å². The second kappa shape index (κ2) is 5.41. The zero-order valence-corrected chi connectivity index (χ0v) is 12.3. The zero-order valence-electron chi connectivity index (χ0n) is 12.3. The number of nitrogens with zero attached hydrogens (tertiary/aromatic N) is 2. The van der Waals surface area contributed by atoms with E-state index in [0.29, 0.717) is 12.1 Å². The predicted molar refractivity (Wildman–Crippen MR) is 84.5 cm³/mol. The van der Waals surface area contributed by atoms with Crippen molar-refractivity contribution in [3.63, 3.8) is 0 Å². The van der Waals surface area contributed by atoms with Crippen LogP contribution in [-0.4, -0.2) is 22.0 Å². The van der Waals surface area contributed by atoms with Gasteiger partial charge in [-0.15, -0.1) is 0 Å². The summed E-state index contributed by atoms with van der Waals surface area (Å²) in [5, 5.41) is 1.07. The molecule has 1 saturated heterocycles. The number of aromatic nitrogens is 1. The lowest BCUT2D eigenvalue weighted by Gasteiger charge is -2.28. The van der Waals surface area contributed by atoms with Crippen LogP contribution in [-0.2, 0) is 6.54 Å². The summed E-state index contributed by atoms with van der Waals surface area (Å²) in [5.74, 6) is 0. The Balaban J connectivity index is 1.97. The summed E-state index contributed by atoms with van der Waals surface area (Å²) in [6.45, 7) is 5.60. The molecule has 2 aromatic rings. The third-order valence-corrected chi connectivity index (χ3v) is 4.66. The quantitative estimate of drug-likeness (QED) is 0.866. The van der Waals surface area contributed by atoms with Gasteiger partial charge in [-0.25, -0.2) is 0 Å². The SMILES string of the molecule is CCC1CCC(C)N1Cc1ccc(N)c2cccnc12. The average molecular weight is 269 g/mol. The van der Waals surface area contributed by atoms with E-state index < -0.39 is 0 Å². The molecule has 0 aliphatic carbocycles. The molecule has 0 spiro atoms. The minimum Gasteiger partial charge on any atom is -0.398 e. The molecule has 2 N–H and O–H groups in total. The molecular weight excluding hydrogens is 246 g/mol. The monoisotopic (exact) mass is 269 g/mol. The summed E-state index contributed by atoms with van der Waals surface area (Å²) in [7, 11) is 0. The smallest absolute Gasteiger partial charge is 0.0767 e. The molecule has 2 atom stereocenters. The summed E-state index contributed by atoms with van der Waals surface area (Å²) in [5.41, 5.74) is 9.23. The molecule has 20 heavy (non-hydrogen) atoms. The van der Waals surface area contributed by atoms with Crippen LogP contribution in [0.4, 0.5) is 5.69 Å². The number of nitrogen functional groups attached to an aromatic ring is 1. The van der Waals surface area contributed by atoms with Crippen LogP contribution in [0, 0.1) is 0 Å². The molecule has 106 valence electrons. The molecule has 1 aromatic carbocycles. The van der Waals surface area contributed by atoms with E-state index in [1.165, 1.54) is 24.8 Å². The molecular formula is C17H23N3. The Labute approximate surface area is 120 Å². The van der Waals surface area contributed by atoms with Gasteiger partial charge in [0.15, 0.2) is 0 Å². The minimum atomic E-state index is 0.663. The van der Waals surface area contributed by atoms with E-state index in [-0.39, 0.29) is 0 Å². The van der Waals surface area contributed by atoms with Gasteiger partial charge in [-0.1, -0.05) is 13.0 Å². The maximum atomic E-state index is 6.06. The van der Waals surface area contributed by atoms with E-state index in [4.69, 9.17) is 5.73 Å². The van der Waals surface area contributed by atoms with Gasteiger partial charge in [-0.05, 0) is 49.9 Å². The molecule has 3 heteroatoms. The Morgan fingerprint density at radius 3 is 2.95 bits per heavy atom. The molecule has 1 aromatic heterocycles. The van der Waals surface area contributed by atoms with E-state index in [9.17, 15) is 0 Å². The van der Waals surface area contributed by atoms with Crippen molar-refractivity contribution >= 4 is 16.6 Å². The van der Waals surface area contributed by atoms with Crippen LogP contribution in [0.2, 0.25) is 0 Å². The van der Waals surface area contributed by atoms with Crippen LogP contribution in [0.25, 0.3) is 10.9 Å². The van der Waals surface area contributed by atoms with E-state index >= 15 is 0 Å². The zero-order chi connectivity index (χ0) is 14.1. The van der Waals surface area contributed by atoms with Gasteiger partial charge in [0.2, 0.25) is 0 Å². The molecule has 0 saturated carbocycles. The van der Waals surface area contributed by atoms with Crippen molar-refractivity contribution in [1.82, 2.24) is 9.88 Å². The number of nitrogens with two attached hydrogens (primary N) is 1. The van der Waals surface area contributed by atoms with E-state index in [1.807, 2.05) is 18.3 Å². The number of likely N-dealkylation sites (tertiary alicyclic amines) is 1. The van der Waals surface area contributed by atoms with Crippen molar-refractivity contribution < 1.29 is 0 Å². The van der Waals surface area contributed by atoms with Gasteiger partial charge >= 0.3 is 0 Å². The Morgan fingerprint density at radius 1 is 1.30 bits per heavy atom. The van der Waals surface area contributed by atoms with Gasteiger partial charge in [0.25, 0.3) is 0 Å². The van der Waals surface area contributed by atoms with Gasteiger partial charge in [-0.2, -0.15) is 0 Å². The highest BCUT2D eigenvalue weighted by Crippen LogP contribution is 2.30. The lowest BCUT2D eigenvalue weighted by atomic mass is 10.1. The minimum absolute atomic E-state index is 0.663. The maximum Gasteiger partial charge on any atom is 0.0767 e. The number of pyridine rings is 1. The topological polar surface area (TPSA) is 42.1 Å². The largest absolute Gasteiger partial charge is 0.398 e. The second-order valence-electron chi connectivity index (χ2n) is 5.87. The van der Waals surface area contributed by atoms with Crippen LogP contribution in [0.1, 0.15) is 38.7 Å². The van der Waals surface area contributed by atoms with Crippen LogP contribution in [0.5, 0.6) is 0 Å². The van der Waals surface area contributed by atoms with E-state index in [1.54, 1.807) is 0 Å². The standard InChI is InChI=1S/C17H23N3/c1-3-14-8-6-12(2)20(14)11-13-7-9-16(18)15-5-4-10-19-17(13)15/h4-5,7,9-10,12,14H,3,6,8,11,18H2,1-2H3. The van der Waals surface area contributed by atoms with Crippen molar-refractivity contribution in [2.75, 3.05) is 5.73 Å². The first kappa shape index (κ1) is 13.4. The van der Waals surface area contributed by atoms with E-state index in [2.05, 4.69) is 35.9 Å². The molecule has 3 rings (SSSR count). The van der Waals surface area contributed by atoms with Crippen molar-refractivity contribution in [1.29, 1.82) is 0 Å². The Kier molecular flexibility index (Phi) is 3.62. The van der Waals surface area contributed by atoms with Crippen molar-refractivity contribution in [3.8, 4) is 0 Å². The molecule has 3 nitrogen and oxygen atoms in total. The number of hydrogen-bond acceptors (Lipinski definition) is 3. The number of hydrogen-bond donors (Lipinski definition) is 1. The molecule has 0 amide bonds. The third-order valence-electron chi connectivity index (χ3n) is 4.66. The number of fused-ring (bicyclic) bond motifs is 1. The maximum absolute atomic E-state index is 6.06. The molecule has 0 bridgehead atoms. The summed E-state index contributed by atoms with van der Waals surface area (Å²) in [4.78, 5) is 7.18. The first-order valence-electron chi connectivity index (χ1n) is 7.58. The first-order chi connectivity index (χ1) is 9.70. The third kappa shape index (κ3) is 2.27. The highest BCUT2D eigenvalue weighted by Gasteiger charge is 2.29. The molecule has 2 heterocycles. The lowest BCUT2D eigenvalue weighted by molar-refractivity contribution is 0.190. The average Bonchev–Trinajstić information content (AvgIpc) is 2.83. The van der Waals surface area contributed by atoms with Gasteiger partial charge in [0.05, 0.1) is 5.52 Å². The molecule has 2 unspecified atom stereocenters. The fourth-order valence-corrected chi connectivity index (χ4v) is 3.43. The molecule has 0 radical (unpaired) electrons. The molecule has 1 aliphatic heterocycles. The van der Waals surface area contributed by atoms with Crippen LogP contribution < -0.4 is 5.73 Å². The highest BCUT2D eigenvalue weighted by atomic mass is 15.2. The summed E-state index contributed by atoms with van der Waals surface area (Å²) in [6, 6.07) is 9.54. The first-order valence-corrected chi connectivity index (χ1v) is 7.58. The molecule has 1 fully saturated rings. The highest BCUT2D eigenvalue weighted by molar-refractivity contribution is 5.92. The summed E-state index contributed by atoms with van der Waals surface area (Å²) < 4.78 is 0. The Morgan fingerprint density at radius 2 is 2.15 bits per heavy atom. The summed E-state index contributed by atoms with van der Waals surface area (Å²) >= 11 is 0. The van der Waals surface area contributed by atoms with Crippen LogP contribution in [0.3, 0.4) is 0 Å². The van der Waals surface area contributed by atoms with Crippen molar-refractivity contribution in [2.45, 2.75) is 51.7 Å². The van der Waals surface area contributed by atoms with Gasteiger partial charge in [-0.3, -0.25) is 9.88 Å². The predicted octanol–water partition coefficient (Wildman–Crippen LogP) is 3.58. The number of benzene rings is 1. The van der Waals surface area contributed by atoms with Gasteiger partial charge in [0.1, 0.15) is 0 Å². The lowest BCUT2D eigenvalue weighted by Crippen LogP contribution is -2.33. The Bertz CT molecular complexity index is 608. The normalized spacial score (nSPS) is 23.5. The Hall–Kier alpha value is -1.61. The van der Waals surface area contributed by atoms with Crippen LogP contribution >= 0.6 is 0 Å². The fraction of sp³-hybridized carbons (Fsp3) is 0.471. The fourth-order valence-electron chi connectivity index (χ4n) is 3.43. The van der Waals surface area contributed by atoms with Crippen molar-refractivity contribution in [3.05, 3.63) is 36.0 Å².